The van der Waals surface area contributed by atoms with Crippen LogP contribution in [0.5, 0.6) is 0 Å². The van der Waals surface area contributed by atoms with Gasteiger partial charge in [-0.05, 0) is 54.7 Å². The summed E-state index contributed by atoms with van der Waals surface area (Å²) in [5.41, 5.74) is 3.83. The maximum absolute atomic E-state index is 13.9. The number of rotatable bonds is 17. The molecule has 2 aromatic rings. The maximum Gasteiger partial charge on any atom is 0.407 e. The van der Waals surface area contributed by atoms with E-state index in [-0.39, 0.29) is 36.5 Å². The van der Waals surface area contributed by atoms with Gasteiger partial charge >= 0.3 is 18.2 Å². The van der Waals surface area contributed by atoms with E-state index >= 15 is 0 Å². The summed E-state index contributed by atoms with van der Waals surface area (Å²) in [7, 11) is 2.44. The first kappa shape index (κ1) is 39.8. The lowest BCUT2D eigenvalue weighted by atomic mass is 9.89. The number of hydrogen-bond acceptors (Lipinski definition) is 10. The van der Waals surface area contributed by atoms with Gasteiger partial charge in [0, 0.05) is 6.54 Å². The molecule has 4 amide bonds. The van der Waals surface area contributed by atoms with Gasteiger partial charge in [0.05, 0.1) is 33.1 Å². The zero-order valence-electron chi connectivity index (χ0n) is 29.9. The normalized spacial score (nSPS) is 15.8. The van der Waals surface area contributed by atoms with Crippen LogP contribution in [0.2, 0.25) is 0 Å². The third-order valence-electron chi connectivity index (χ3n) is 8.74. The molecule has 4 N–H and O–H groups in total. The van der Waals surface area contributed by atoms with Crippen molar-refractivity contribution in [3.8, 4) is 0 Å². The molecule has 1 fully saturated rings. The van der Waals surface area contributed by atoms with Crippen LogP contribution in [-0.2, 0) is 30.2 Å². The van der Waals surface area contributed by atoms with Gasteiger partial charge in [-0.3, -0.25) is 15.0 Å². The van der Waals surface area contributed by atoms with Crippen molar-refractivity contribution in [3.05, 3.63) is 60.1 Å². The number of nitrogens with zero attached hydrogens (tertiary/aromatic N) is 1. The number of furan rings is 1. The molecule has 0 bridgehead atoms. The Balaban J connectivity index is 2.03. The van der Waals surface area contributed by atoms with Crippen LogP contribution in [0.15, 0.2) is 53.1 Å². The molecule has 3 rings (SSSR count). The highest BCUT2D eigenvalue weighted by atomic mass is 16.6. The fourth-order valence-electron chi connectivity index (χ4n) is 5.98. The van der Waals surface area contributed by atoms with Crippen LogP contribution in [0.3, 0.4) is 0 Å². The first-order valence-electron chi connectivity index (χ1n) is 17.2. The number of amides is 4. The molecule has 14 nitrogen and oxygen atoms in total. The minimum absolute atomic E-state index is 0.0215. The van der Waals surface area contributed by atoms with Crippen LogP contribution in [0.25, 0.3) is 0 Å². The van der Waals surface area contributed by atoms with E-state index in [4.69, 9.17) is 18.6 Å². The first-order valence-corrected chi connectivity index (χ1v) is 17.2. The fraction of sp³-hybridized carbons (Fsp3) is 0.583. The molecule has 1 aliphatic rings. The number of carbonyl (C=O) groups excluding carboxylic acids is 5. The quantitative estimate of drug-likeness (QED) is 0.106. The molecule has 1 aromatic heterocycles. The minimum atomic E-state index is -1.03. The number of nitrogens with one attached hydrogen (secondary N) is 4. The summed E-state index contributed by atoms with van der Waals surface area (Å²) in [5, 5.41) is 9.94. The summed E-state index contributed by atoms with van der Waals surface area (Å²) in [6.07, 6.45) is 4.22. The Morgan fingerprint density at radius 1 is 0.800 bits per heavy atom. The van der Waals surface area contributed by atoms with Crippen LogP contribution in [-0.4, -0.2) is 86.5 Å². The van der Waals surface area contributed by atoms with Crippen molar-refractivity contribution in [3.63, 3.8) is 0 Å². The summed E-state index contributed by atoms with van der Waals surface area (Å²) >= 11 is 0. The van der Waals surface area contributed by atoms with Crippen molar-refractivity contribution in [1.29, 1.82) is 0 Å². The van der Waals surface area contributed by atoms with Crippen molar-refractivity contribution in [2.24, 2.45) is 17.8 Å². The molecule has 14 heteroatoms. The van der Waals surface area contributed by atoms with Gasteiger partial charge in [-0.15, -0.1) is 0 Å². The molecule has 0 spiro atoms. The van der Waals surface area contributed by atoms with E-state index in [2.05, 4.69) is 21.4 Å². The third kappa shape index (κ3) is 12.7. The summed E-state index contributed by atoms with van der Waals surface area (Å²) < 4.78 is 21.0. The standard InChI is InChI=1S/C36H53N5O9/c1-23(2)30(38-35(45)47-5)32(42)37-27(20-25-14-9-7-10-15-25)29(50-34(44)28-18-13-19-49-28)22-41(21-26-16-11-8-12-17-26)40-33(43)31(24(3)4)39-36(46)48-6/h7,9-10,13-15,18-19,23-24,26-27,29-31H,8,11-12,16-17,20-22H2,1-6H3,(H,37,42)(H,38,45)(H,39,46)(H,40,43)/t27-,29-,30-,31-/m0/s1. The van der Waals surface area contributed by atoms with Crippen LogP contribution in [0, 0.1) is 17.8 Å². The fourth-order valence-corrected chi connectivity index (χ4v) is 5.98. The predicted molar refractivity (Wildman–Crippen MR) is 185 cm³/mol. The number of hydrogen-bond donors (Lipinski definition) is 4. The van der Waals surface area contributed by atoms with Gasteiger partial charge < -0.3 is 34.6 Å². The van der Waals surface area contributed by atoms with E-state index in [9.17, 15) is 24.0 Å². The molecule has 0 aliphatic heterocycles. The molecule has 276 valence electrons. The summed E-state index contributed by atoms with van der Waals surface area (Å²) in [4.78, 5) is 65.4. The molecular weight excluding hydrogens is 646 g/mol. The number of benzene rings is 1. The molecule has 0 unspecified atom stereocenters. The second-order valence-corrected chi connectivity index (χ2v) is 13.3. The van der Waals surface area contributed by atoms with Crippen molar-refractivity contribution < 1.29 is 42.6 Å². The topological polar surface area (TPSA) is 178 Å². The Morgan fingerprint density at radius 3 is 1.94 bits per heavy atom. The number of esters is 1. The van der Waals surface area contributed by atoms with Gasteiger partial charge in [-0.1, -0.05) is 77.3 Å². The number of carbonyl (C=O) groups is 5. The van der Waals surface area contributed by atoms with Gasteiger partial charge in [0.15, 0.2) is 0 Å². The van der Waals surface area contributed by atoms with Gasteiger partial charge in [0.2, 0.25) is 11.7 Å². The van der Waals surface area contributed by atoms with Gasteiger partial charge in [-0.2, -0.15) is 0 Å². The average molecular weight is 700 g/mol. The molecule has 1 heterocycles. The van der Waals surface area contributed by atoms with Crippen LogP contribution in [0.1, 0.15) is 75.9 Å². The Morgan fingerprint density at radius 2 is 1.40 bits per heavy atom. The highest BCUT2D eigenvalue weighted by molar-refractivity contribution is 5.87. The maximum atomic E-state index is 13.9. The molecule has 1 aliphatic carbocycles. The SMILES string of the molecule is COC(=O)N[C@H](C(=O)N[C@@H](Cc1ccccc1)[C@H](CN(CC1CCCCC1)NC(=O)[C@@H](NC(=O)OC)C(C)C)OC(=O)c1ccco1)C(C)C. The average Bonchev–Trinajstić information content (AvgIpc) is 3.65. The summed E-state index contributed by atoms with van der Waals surface area (Å²) in [5.74, 6) is -2.10. The summed E-state index contributed by atoms with van der Waals surface area (Å²) in [6, 6.07) is 9.72. The highest BCUT2D eigenvalue weighted by Gasteiger charge is 2.35. The molecule has 50 heavy (non-hydrogen) atoms. The van der Waals surface area contributed by atoms with Gasteiger partial charge in [0.25, 0.3) is 5.91 Å². The highest BCUT2D eigenvalue weighted by Crippen LogP contribution is 2.25. The molecule has 1 saturated carbocycles. The lowest BCUT2D eigenvalue weighted by Gasteiger charge is -2.36. The molecule has 1 aromatic carbocycles. The van der Waals surface area contributed by atoms with Crippen molar-refractivity contribution in [2.45, 2.75) is 90.4 Å². The Hall–Kier alpha value is -4.59. The lowest BCUT2D eigenvalue weighted by molar-refractivity contribution is -0.131. The Bertz CT molecular complexity index is 1360. The molecule has 0 radical (unpaired) electrons. The van der Waals surface area contributed by atoms with Crippen LogP contribution >= 0.6 is 0 Å². The summed E-state index contributed by atoms with van der Waals surface area (Å²) in [6.45, 7) is 7.60. The van der Waals surface area contributed by atoms with E-state index in [0.717, 1.165) is 37.7 Å². The van der Waals surface area contributed by atoms with E-state index in [1.807, 2.05) is 30.3 Å². The lowest BCUT2D eigenvalue weighted by Crippen LogP contribution is -2.60. The van der Waals surface area contributed by atoms with Crippen LogP contribution in [0.4, 0.5) is 9.59 Å². The van der Waals surface area contributed by atoms with Crippen molar-refractivity contribution in [1.82, 2.24) is 26.4 Å². The van der Waals surface area contributed by atoms with Crippen molar-refractivity contribution >= 4 is 30.0 Å². The smallest absolute Gasteiger partial charge is 0.407 e. The molecule has 4 atom stereocenters. The zero-order chi connectivity index (χ0) is 36.6. The second kappa shape index (κ2) is 20.2. The zero-order valence-corrected chi connectivity index (χ0v) is 29.9. The van der Waals surface area contributed by atoms with Gasteiger partial charge in [-0.25, -0.2) is 19.4 Å². The van der Waals surface area contributed by atoms with Crippen molar-refractivity contribution in [2.75, 3.05) is 27.3 Å². The van der Waals surface area contributed by atoms with E-state index in [0.29, 0.717) is 6.54 Å². The van der Waals surface area contributed by atoms with Gasteiger partial charge in [0.1, 0.15) is 18.2 Å². The number of ether oxygens (including phenoxy) is 3. The van der Waals surface area contributed by atoms with E-state index < -0.39 is 54.2 Å². The minimum Gasteiger partial charge on any atom is -0.457 e. The van der Waals surface area contributed by atoms with E-state index in [1.54, 1.807) is 38.8 Å². The number of hydrazine groups is 1. The first-order chi connectivity index (χ1) is 23.9. The molecular formula is C36H53N5O9. The van der Waals surface area contributed by atoms with E-state index in [1.165, 1.54) is 26.5 Å². The Labute approximate surface area is 294 Å². The molecule has 0 saturated heterocycles. The van der Waals surface area contributed by atoms with Crippen LogP contribution < -0.4 is 21.4 Å². The monoisotopic (exact) mass is 699 g/mol. The largest absolute Gasteiger partial charge is 0.457 e. The Kier molecular flexibility index (Phi) is 16.1. The number of alkyl carbamates (subject to hydrolysis) is 2. The third-order valence-corrected chi connectivity index (χ3v) is 8.74. The number of methoxy groups -OCH3 is 2. The second-order valence-electron chi connectivity index (χ2n) is 13.3. The predicted octanol–water partition coefficient (Wildman–Crippen LogP) is 4.21.